The van der Waals surface area contributed by atoms with E-state index in [1.165, 1.54) is 0 Å². The fourth-order valence-corrected chi connectivity index (χ4v) is 3.75. The number of esters is 3. The zero-order valence-corrected chi connectivity index (χ0v) is 11.7. The number of carbonyl (C=O) groups is 3. The van der Waals surface area contributed by atoms with Gasteiger partial charge in [-0.15, -0.1) is 0 Å². The van der Waals surface area contributed by atoms with Crippen LogP contribution in [0.3, 0.4) is 0 Å². The van der Waals surface area contributed by atoms with Gasteiger partial charge in [-0.2, -0.15) is 0 Å². The molecule has 4 atom stereocenters. The molecule has 6 nitrogen and oxygen atoms in total. The molecule has 0 N–H and O–H groups in total. The molecule has 22 heavy (non-hydrogen) atoms. The molecular formula is C16H14O6. The maximum Gasteiger partial charge on any atom is 0.338 e. The van der Waals surface area contributed by atoms with Gasteiger partial charge in [-0.1, -0.05) is 18.2 Å². The summed E-state index contributed by atoms with van der Waals surface area (Å²) in [6.45, 7) is -0.0409. The van der Waals surface area contributed by atoms with Crippen molar-refractivity contribution in [2.75, 3.05) is 6.61 Å². The maximum absolute atomic E-state index is 12.1. The standard InChI is InChI=1S/C16H14O6/c17-13(9-4-2-1-3-5-9)20-8-16-7-6-10(22-16)11-12(16)15(19)21-14(11)18/h1-5,10-12H,6-8H2/t10-,11-,12+,16-/m0/s1. The molecular weight excluding hydrogens is 288 g/mol. The van der Waals surface area contributed by atoms with Gasteiger partial charge in [-0.25, -0.2) is 4.79 Å². The van der Waals surface area contributed by atoms with Crippen LogP contribution in [0.25, 0.3) is 0 Å². The van der Waals surface area contributed by atoms with Crippen molar-refractivity contribution in [2.24, 2.45) is 11.8 Å². The first-order valence-electron chi connectivity index (χ1n) is 7.26. The van der Waals surface area contributed by atoms with Crippen molar-refractivity contribution in [3.63, 3.8) is 0 Å². The molecule has 114 valence electrons. The van der Waals surface area contributed by atoms with Gasteiger partial charge in [0.25, 0.3) is 0 Å². The van der Waals surface area contributed by atoms with Crippen LogP contribution in [0, 0.1) is 11.8 Å². The molecule has 4 rings (SSSR count). The largest absolute Gasteiger partial charge is 0.459 e. The van der Waals surface area contributed by atoms with Gasteiger partial charge in [0, 0.05) is 0 Å². The summed E-state index contributed by atoms with van der Waals surface area (Å²) in [7, 11) is 0. The quantitative estimate of drug-likeness (QED) is 0.614. The second kappa shape index (κ2) is 4.64. The van der Waals surface area contributed by atoms with E-state index in [1.54, 1.807) is 24.3 Å². The van der Waals surface area contributed by atoms with Crippen LogP contribution in [-0.2, 0) is 23.8 Å². The van der Waals surface area contributed by atoms with E-state index in [-0.39, 0.29) is 12.7 Å². The fourth-order valence-electron chi connectivity index (χ4n) is 3.75. The summed E-state index contributed by atoms with van der Waals surface area (Å²) in [6, 6.07) is 8.61. The molecule has 0 amide bonds. The first-order valence-corrected chi connectivity index (χ1v) is 7.26. The zero-order chi connectivity index (χ0) is 15.3. The summed E-state index contributed by atoms with van der Waals surface area (Å²) in [5.74, 6) is -2.74. The summed E-state index contributed by atoms with van der Waals surface area (Å²) in [4.78, 5) is 35.7. The normalized spacial score (nSPS) is 35.4. The molecule has 0 aromatic heterocycles. The van der Waals surface area contributed by atoms with E-state index in [0.29, 0.717) is 18.4 Å². The molecule has 2 bridgehead atoms. The second-order valence-electron chi connectivity index (χ2n) is 5.95. The molecule has 1 aromatic rings. The molecule has 3 saturated heterocycles. The number of hydrogen-bond donors (Lipinski definition) is 0. The van der Waals surface area contributed by atoms with Gasteiger partial charge in [-0.05, 0) is 25.0 Å². The smallest absolute Gasteiger partial charge is 0.338 e. The second-order valence-corrected chi connectivity index (χ2v) is 5.95. The highest BCUT2D eigenvalue weighted by Gasteiger charge is 2.69. The Morgan fingerprint density at radius 1 is 1.23 bits per heavy atom. The molecule has 3 heterocycles. The molecule has 0 saturated carbocycles. The lowest BCUT2D eigenvalue weighted by atomic mass is 9.73. The number of benzene rings is 1. The van der Waals surface area contributed by atoms with Crippen molar-refractivity contribution in [3.05, 3.63) is 35.9 Å². The number of ether oxygens (including phenoxy) is 3. The van der Waals surface area contributed by atoms with Crippen LogP contribution < -0.4 is 0 Å². The number of carbonyl (C=O) groups excluding carboxylic acids is 3. The summed E-state index contributed by atoms with van der Waals surface area (Å²) in [6.07, 6.45) is 0.954. The Bertz CT molecular complexity index is 654. The van der Waals surface area contributed by atoms with Crippen molar-refractivity contribution in [3.8, 4) is 0 Å². The topological polar surface area (TPSA) is 78.9 Å². The van der Waals surface area contributed by atoms with Crippen molar-refractivity contribution in [2.45, 2.75) is 24.5 Å². The average molecular weight is 302 g/mol. The highest BCUT2D eigenvalue weighted by molar-refractivity contribution is 5.98. The molecule has 1 aromatic carbocycles. The molecule has 0 unspecified atom stereocenters. The fraction of sp³-hybridized carbons (Fsp3) is 0.438. The van der Waals surface area contributed by atoms with Gasteiger partial charge in [0.2, 0.25) is 0 Å². The number of cyclic esters (lactones) is 2. The van der Waals surface area contributed by atoms with E-state index in [1.807, 2.05) is 6.07 Å². The Morgan fingerprint density at radius 2 is 2.00 bits per heavy atom. The van der Waals surface area contributed by atoms with Gasteiger partial charge in [-0.3, -0.25) is 9.59 Å². The minimum atomic E-state index is -0.914. The Morgan fingerprint density at radius 3 is 2.77 bits per heavy atom. The first kappa shape index (κ1) is 13.5. The van der Waals surface area contributed by atoms with Crippen LogP contribution in [0.1, 0.15) is 23.2 Å². The molecule has 3 fully saturated rings. The highest BCUT2D eigenvalue weighted by Crippen LogP contribution is 2.54. The lowest BCUT2D eigenvalue weighted by molar-refractivity contribution is -0.160. The predicted octanol–water partition coefficient (Wildman–Crippen LogP) is 1.09. The van der Waals surface area contributed by atoms with Crippen molar-refractivity contribution < 1.29 is 28.6 Å². The number of hydrogen-bond acceptors (Lipinski definition) is 6. The molecule has 6 heteroatoms. The molecule has 0 aliphatic carbocycles. The minimum absolute atomic E-state index is 0.0409. The third-order valence-corrected chi connectivity index (χ3v) is 4.75. The minimum Gasteiger partial charge on any atom is -0.459 e. The number of fused-ring (bicyclic) bond motifs is 5. The molecule has 3 aliphatic rings. The first-order chi connectivity index (χ1) is 10.6. The van der Waals surface area contributed by atoms with Gasteiger partial charge in [0.1, 0.15) is 18.1 Å². The van der Waals surface area contributed by atoms with E-state index in [9.17, 15) is 14.4 Å². The van der Waals surface area contributed by atoms with Gasteiger partial charge < -0.3 is 14.2 Å². The van der Waals surface area contributed by atoms with Crippen molar-refractivity contribution >= 4 is 17.9 Å². The summed E-state index contributed by atoms with van der Waals surface area (Å²) in [5.41, 5.74) is -0.476. The van der Waals surface area contributed by atoms with Crippen LogP contribution in [0.15, 0.2) is 30.3 Å². The molecule has 3 aliphatic heterocycles. The Hall–Kier alpha value is -2.21. The Balaban J connectivity index is 1.52. The van der Waals surface area contributed by atoms with Crippen LogP contribution in [0.2, 0.25) is 0 Å². The third-order valence-electron chi connectivity index (χ3n) is 4.75. The summed E-state index contributed by atoms with van der Waals surface area (Å²) in [5, 5.41) is 0. The lowest BCUT2D eigenvalue weighted by Crippen LogP contribution is -2.44. The van der Waals surface area contributed by atoms with Crippen LogP contribution in [0.5, 0.6) is 0 Å². The van der Waals surface area contributed by atoms with E-state index in [0.717, 1.165) is 0 Å². The van der Waals surface area contributed by atoms with Gasteiger partial charge in [0.15, 0.2) is 0 Å². The van der Waals surface area contributed by atoms with Crippen molar-refractivity contribution in [1.29, 1.82) is 0 Å². The Kier molecular flexibility index (Phi) is 2.84. The molecule has 0 spiro atoms. The molecule has 0 radical (unpaired) electrons. The maximum atomic E-state index is 12.1. The lowest BCUT2D eigenvalue weighted by Gasteiger charge is -2.28. The van der Waals surface area contributed by atoms with Crippen molar-refractivity contribution in [1.82, 2.24) is 0 Å². The van der Waals surface area contributed by atoms with Gasteiger partial charge in [0.05, 0.1) is 17.6 Å². The van der Waals surface area contributed by atoms with E-state index < -0.39 is 35.3 Å². The van der Waals surface area contributed by atoms with E-state index in [2.05, 4.69) is 0 Å². The third kappa shape index (κ3) is 1.80. The SMILES string of the molecule is O=C(OC[C@]12CC[C@H](O1)[C@@H]1C(=O)OC(=O)[C@@H]12)c1ccccc1. The highest BCUT2D eigenvalue weighted by atomic mass is 16.6. The predicted molar refractivity (Wildman–Crippen MR) is 71.6 cm³/mol. The van der Waals surface area contributed by atoms with Crippen LogP contribution >= 0.6 is 0 Å². The van der Waals surface area contributed by atoms with E-state index in [4.69, 9.17) is 14.2 Å². The zero-order valence-electron chi connectivity index (χ0n) is 11.7. The summed E-state index contributed by atoms with van der Waals surface area (Å²) >= 11 is 0. The average Bonchev–Trinajstić information content (AvgIpc) is 3.18. The van der Waals surface area contributed by atoms with Gasteiger partial charge >= 0.3 is 17.9 Å². The van der Waals surface area contributed by atoms with Crippen LogP contribution in [-0.4, -0.2) is 36.2 Å². The van der Waals surface area contributed by atoms with E-state index >= 15 is 0 Å². The summed E-state index contributed by atoms with van der Waals surface area (Å²) < 4.78 is 15.9. The van der Waals surface area contributed by atoms with Crippen LogP contribution in [0.4, 0.5) is 0 Å². The Labute approximate surface area is 126 Å². The monoisotopic (exact) mass is 302 g/mol. The number of rotatable bonds is 3.